The van der Waals surface area contributed by atoms with Crippen LogP contribution in [0.3, 0.4) is 0 Å². The van der Waals surface area contributed by atoms with Crippen LogP contribution < -0.4 is 9.47 Å². The van der Waals surface area contributed by atoms with Crippen molar-refractivity contribution in [2.75, 3.05) is 33.0 Å². The minimum absolute atomic E-state index is 0.139. The molecular formula is C32H52N2O5. The minimum Gasteiger partial charge on any atom is -0.481 e. The molecule has 2 heterocycles. The van der Waals surface area contributed by atoms with Gasteiger partial charge in [0.25, 0.3) is 0 Å². The van der Waals surface area contributed by atoms with Crippen LogP contribution in [0.25, 0.3) is 0 Å². The number of carboxylic acids is 1. The monoisotopic (exact) mass is 544 g/mol. The van der Waals surface area contributed by atoms with Gasteiger partial charge in [0.15, 0.2) is 11.5 Å². The number of rotatable bonds is 18. The lowest BCUT2D eigenvalue weighted by Gasteiger charge is -2.31. The number of carbonyl (C=O) groups is 2. The van der Waals surface area contributed by atoms with Gasteiger partial charge in [0, 0.05) is 31.6 Å². The van der Waals surface area contributed by atoms with Crippen LogP contribution in [-0.4, -0.2) is 65.8 Å². The smallest absolute Gasteiger partial charge is 0.308 e. The number of carboxylic acid groups (broad SMARTS) is 1. The van der Waals surface area contributed by atoms with E-state index in [0.29, 0.717) is 24.0 Å². The lowest BCUT2D eigenvalue weighted by molar-refractivity contribution is -0.144. The van der Waals surface area contributed by atoms with Gasteiger partial charge >= 0.3 is 5.97 Å². The molecule has 2 aliphatic heterocycles. The highest BCUT2D eigenvalue weighted by Gasteiger charge is 2.47. The van der Waals surface area contributed by atoms with Crippen molar-refractivity contribution in [3.8, 4) is 11.5 Å². The molecule has 1 aromatic rings. The third-order valence-electron chi connectivity index (χ3n) is 8.54. The second kappa shape index (κ2) is 16.1. The van der Waals surface area contributed by atoms with E-state index in [1.165, 1.54) is 25.7 Å². The predicted molar refractivity (Wildman–Crippen MR) is 155 cm³/mol. The Morgan fingerprint density at radius 3 is 2.38 bits per heavy atom. The van der Waals surface area contributed by atoms with Gasteiger partial charge in [-0.05, 0) is 42.9 Å². The quantitative estimate of drug-likeness (QED) is 0.207. The highest BCUT2D eigenvalue weighted by atomic mass is 16.7. The summed E-state index contributed by atoms with van der Waals surface area (Å²) in [6.07, 6.45) is 12.2. The third kappa shape index (κ3) is 8.86. The average Bonchev–Trinajstić information content (AvgIpc) is 3.52. The maximum Gasteiger partial charge on any atom is 0.308 e. The van der Waals surface area contributed by atoms with Crippen molar-refractivity contribution < 1.29 is 24.2 Å². The summed E-state index contributed by atoms with van der Waals surface area (Å²) in [5.74, 6) is 0.356. The largest absolute Gasteiger partial charge is 0.481 e. The molecule has 0 aromatic heterocycles. The van der Waals surface area contributed by atoms with Gasteiger partial charge in [0.1, 0.15) is 0 Å². The number of aliphatic carboxylic acids is 1. The van der Waals surface area contributed by atoms with Gasteiger partial charge in [-0.2, -0.15) is 0 Å². The predicted octanol–water partition coefficient (Wildman–Crippen LogP) is 6.70. The zero-order valence-electron chi connectivity index (χ0n) is 24.8. The number of ether oxygens (including phenoxy) is 2. The molecular weight excluding hydrogens is 492 g/mol. The van der Waals surface area contributed by atoms with E-state index in [1.54, 1.807) is 0 Å². The minimum atomic E-state index is -0.781. The molecule has 4 atom stereocenters. The van der Waals surface area contributed by atoms with Crippen LogP contribution in [0.2, 0.25) is 0 Å². The average molecular weight is 545 g/mol. The fraction of sp³-hybridized carbons (Fsp3) is 0.750. The van der Waals surface area contributed by atoms with E-state index in [-0.39, 0.29) is 31.2 Å². The highest BCUT2D eigenvalue weighted by Crippen LogP contribution is 2.43. The molecule has 1 aromatic carbocycles. The number of nitrogens with zero attached hydrogens (tertiary/aromatic N) is 2. The second-order valence-corrected chi connectivity index (χ2v) is 11.7. The summed E-state index contributed by atoms with van der Waals surface area (Å²) >= 11 is 0. The molecule has 1 unspecified atom stereocenters. The Balaban J connectivity index is 1.77. The molecule has 0 saturated carbocycles. The topological polar surface area (TPSA) is 79.3 Å². The van der Waals surface area contributed by atoms with E-state index >= 15 is 0 Å². The van der Waals surface area contributed by atoms with Crippen molar-refractivity contribution in [3.05, 3.63) is 23.8 Å². The Morgan fingerprint density at radius 2 is 1.67 bits per heavy atom. The molecule has 1 fully saturated rings. The fourth-order valence-electron chi connectivity index (χ4n) is 6.36. The van der Waals surface area contributed by atoms with E-state index in [0.717, 1.165) is 63.6 Å². The van der Waals surface area contributed by atoms with Crippen molar-refractivity contribution in [3.63, 3.8) is 0 Å². The lowest BCUT2D eigenvalue weighted by Crippen LogP contribution is -2.45. The number of likely N-dealkylation sites (tertiary alicyclic amines) is 1. The van der Waals surface area contributed by atoms with E-state index in [1.807, 2.05) is 23.1 Å². The van der Waals surface area contributed by atoms with Crippen molar-refractivity contribution >= 4 is 11.9 Å². The summed E-state index contributed by atoms with van der Waals surface area (Å²) in [6.45, 7) is 11.4. The molecule has 0 spiro atoms. The molecule has 1 saturated heterocycles. The molecule has 39 heavy (non-hydrogen) atoms. The Hall–Kier alpha value is -2.28. The second-order valence-electron chi connectivity index (χ2n) is 11.7. The molecule has 3 rings (SSSR count). The van der Waals surface area contributed by atoms with Crippen LogP contribution in [0.5, 0.6) is 11.5 Å². The Labute approximate surface area is 236 Å². The Bertz CT molecular complexity index is 907. The van der Waals surface area contributed by atoms with Crippen molar-refractivity contribution in [2.24, 2.45) is 11.8 Å². The summed E-state index contributed by atoms with van der Waals surface area (Å²) in [7, 11) is 0. The summed E-state index contributed by atoms with van der Waals surface area (Å²) in [6, 6.07) is 5.61. The normalized spacial score (nSPS) is 21.3. The molecule has 1 amide bonds. The standard InChI is InChI=1S/C32H52N2O5/c1-5-8-10-11-12-13-18-33(17-9-6-2)30(35)22-34-21-26(25-15-16-28-29(20-25)39-23-38-28)31(32(36)37)27(34)19-24(4)14-7-3/h15-16,20,24,26-27,31H,5-14,17-19,21-23H2,1-4H3,(H,36,37)/t24?,26-,27+,31-/m1/s1. The van der Waals surface area contributed by atoms with E-state index in [4.69, 9.17) is 9.47 Å². The van der Waals surface area contributed by atoms with Crippen LogP contribution in [-0.2, 0) is 9.59 Å². The zero-order valence-corrected chi connectivity index (χ0v) is 24.8. The number of benzene rings is 1. The summed E-state index contributed by atoms with van der Waals surface area (Å²) in [4.78, 5) is 30.7. The maximum atomic E-state index is 13.7. The number of carbonyl (C=O) groups excluding carboxylic acids is 1. The van der Waals surface area contributed by atoms with Gasteiger partial charge < -0.3 is 19.5 Å². The van der Waals surface area contributed by atoms with Gasteiger partial charge in [-0.3, -0.25) is 14.5 Å². The molecule has 220 valence electrons. The lowest BCUT2D eigenvalue weighted by atomic mass is 9.81. The molecule has 7 heteroatoms. The first-order chi connectivity index (χ1) is 18.9. The Kier molecular flexibility index (Phi) is 12.9. The first-order valence-electron chi connectivity index (χ1n) is 15.5. The first-order valence-corrected chi connectivity index (χ1v) is 15.5. The number of hydrogen-bond donors (Lipinski definition) is 1. The fourth-order valence-corrected chi connectivity index (χ4v) is 6.36. The van der Waals surface area contributed by atoms with Crippen molar-refractivity contribution in [1.29, 1.82) is 0 Å². The van der Waals surface area contributed by atoms with Gasteiger partial charge in [0.2, 0.25) is 12.7 Å². The highest BCUT2D eigenvalue weighted by molar-refractivity contribution is 5.79. The molecule has 0 aliphatic carbocycles. The molecule has 7 nitrogen and oxygen atoms in total. The SMILES string of the molecule is CCCCCCCCN(CCCC)C(=O)CN1C[C@H](c2ccc3c(c2)OCO3)[C@@H](C(=O)O)[C@@H]1CC(C)CCC. The van der Waals surface area contributed by atoms with E-state index in [9.17, 15) is 14.7 Å². The van der Waals surface area contributed by atoms with Gasteiger partial charge in [-0.25, -0.2) is 0 Å². The number of amides is 1. The third-order valence-corrected chi connectivity index (χ3v) is 8.54. The molecule has 0 radical (unpaired) electrons. The van der Waals surface area contributed by atoms with E-state index in [2.05, 4.69) is 32.6 Å². The maximum absolute atomic E-state index is 13.7. The van der Waals surface area contributed by atoms with Gasteiger partial charge in [0.05, 0.1) is 12.5 Å². The molecule has 1 N–H and O–H groups in total. The van der Waals surface area contributed by atoms with E-state index < -0.39 is 11.9 Å². The van der Waals surface area contributed by atoms with Gasteiger partial charge in [-0.15, -0.1) is 0 Å². The number of unbranched alkanes of at least 4 members (excludes halogenated alkanes) is 6. The Morgan fingerprint density at radius 1 is 0.974 bits per heavy atom. The van der Waals surface area contributed by atoms with Gasteiger partial charge in [-0.1, -0.05) is 85.1 Å². The van der Waals surface area contributed by atoms with Crippen LogP contribution in [0, 0.1) is 11.8 Å². The molecule has 0 bridgehead atoms. The number of hydrogen-bond acceptors (Lipinski definition) is 5. The van der Waals surface area contributed by atoms with Crippen LogP contribution in [0.1, 0.15) is 110 Å². The summed E-state index contributed by atoms with van der Waals surface area (Å²) in [5.41, 5.74) is 0.949. The van der Waals surface area contributed by atoms with Crippen LogP contribution in [0.15, 0.2) is 18.2 Å². The summed E-state index contributed by atoms with van der Waals surface area (Å²) in [5, 5.41) is 10.5. The first kappa shape index (κ1) is 31.3. The number of fused-ring (bicyclic) bond motifs is 1. The van der Waals surface area contributed by atoms with Crippen molar-refractivity contribution in [1.82, 2.24) is 9.80 Å². The molecule has 2 aliphatic rings. The van der Waals surface area contributed by atoms with Crippen LogP contribution >= 0.6 is 0 Å². The van der Waals surface area contributed by atoms with Crippen molar-refractivity contribution in [2.45, 2.75) is 110 Å². The zero-order chi connectivity index (χ0) is 28.2. The van der Waals surface area contributed by atoms with Crippen LogP contribution in [0.4, 0.5) is 0 Å². The summed E-state index contributed by atoms with van der Waals surface area (Å²) < 4.78 is 11.1.